The van der Waals surface area contributed by atoms with Crippen LogP contribution in [0.2, 0.25) is 0 Å². The van der Waals surface area contributed by atoms with E-state index in [1.807, 2.05) is 19.9 Å². The molecular formula is C10H14N2O. The number of nitrogens with zero attached hydrogens (tertiary/aromatic N) is 2. The predicted molar refractivity (Wildman–Crippen MR) is 52.8 cm³/mol. The van der Waals surface area contributed by atoms with Crippen LogP contribution in [0.15, 0.2) is 23.6 Å². The van der Waals surface area contributed by atoms with Gasteiger partial charge in [-0.25, -0.2) is 0 Å². The van der Waals surface area contributed by atoms with Gasteiger partial charge in [0.15, 0.2) is 0 Å². The van der Waals surface area contributed by atoms with Crippen LogP contribution in [0.25, 0.3) is 0 Å². The maximum Gasteiger partial charge on any atom is 0.116 e. The van der Waals surface area contributed by atoms with Crippen LogP contribution in [0.4, 0.5) is 0 Å². The van der Waals surface area contributed by atoms with Crippen molar-refractivity contribution >= 4 is 6.21 Å². The van der Waals surface area contributed by atoms with Crippen molar-refractivity contribution in [3.63, 3.8) is 0 Å². The van der Waals surface area contributed by atoms with Crippen LogP contribution in [0, 0.1) is 6.92 Å². The number of hydrogen-bond donors (Lipinski definition) is 0. The molecule has 1 heterocycles. The number of hydrogen-bond acceptors (Lipinski definition) is 3. The van der Waals surface area contributed by atoms with Crippen molar-refractivity contribution < 1.29 is 4.84 Å². The summed E-state index contributed by atoms with van der Waals surface area (Å²) in [6.45, 7) is 4.71. The Labute approximate surface area is 78.4 Å². The Morgan fingerprint density at radius 2 is 2.46 bits per heavy atom. The molecule has 0 atom stereocenters. The van der Waals surface area contributed by atoms with Gasteiger partial charge in [0.2, 0.25) is 0 Å². The predicted octanol–water partition coefficient (Wildman–Crippen LogP) is 2.15. The largest absolute Gasteiger partial charge is 0.396 e. The topological polar surface area (TPSA) is 34.5 Å². The molecule has 0 bridgehead atoms. The Morgan fingerprint density at radius 1 is 1.62 bits per heavy atom. The summed E-state index contributed by atoms with van der Waals surface area (Å²) in [7, 11) is 0. The van der Waals surface area contributed by atoms with Crippen LogP contribution >= 0.6 is 0 Å². The first-order chi connectivity index (χ1) is 6.34. The highest BCUT2D eigenvalue weighted by Crippen LogP contribution is 2.01. The summed E-state index contributed by atoms with van der Waals surface area (Å²) < 4.78 is 0. The van der Waals surface area contributed by atoms with Crippen molar-refractivity contribution in [3.05, 3.63) is 29.6 Å². The Balaban J connectivity index is 2.53. The zero-order chi connectivity index (χ0) is 9.52. The molecule has 3 heteroatoms. The van der Waals surface area contributed by atoms with E-state index in [2.05, 4.69) is 10.1 Å². The molecule has 1 aromatic rings. The molecular weight excluding hydrogens is 164 g/mol. The molecule has 0 amide bonds. The molecule has 0 spiro atoms. The molecule has 0 fully saturated rings. The summed E-state index contributed by atoms with van der Waals surface area (Å²) in [6.07, 6.45) is 6.24. The smallest absolute Gasteiger partial charge is 0.116 e. The van der Waals surface area contributed by atoms with E-state index in [0.29, 0.717) is 6.61 Å². The van der Waals surface area contributed by atoms with E-state index in [9.17, 15) is 0 Å². The third-order valence-electron chi connectivity index (χ3n) is 1.63. The quantitative estimate of drug-likeness (QED) is 0.402. The number of aryl methyl sites for hydroxylation is 1. The molecule has 0 aliphatic rings. The van der Waals surface area contributed by atoms with Crippen LogP contribution in [-0.4, -0.2) is 17.8 Å². The van der Waals surface area contributed by atoms with Gasteiger partial charge < -0.3 is 4.84 Å². The lowest BCUT2D eigenvalue weighted by molar-refractivity contribution is 0.146. The van der Waals surface area contributed by atoms with Gasteiger partial charge in [-0.2, -0.15) is 0 Å². The van der Waals surface area contributed by atoms with Gasteiger partial charge in [-0.15, -0.1) is 0 Å². The molecule has 3 nitrogen and oxygen atoms in total. The summed E-state index contributed by atoms with van der Waals surface area (Å²) in [5, 5.41) is 3.84. The Kier molecular flexibility index (Phi) is 3.96. The molecule has 0 aliphatic heterocycles. The van der Waals surface area contributed by atoms with Crippen molar-refractivity contribution in [2.24, 2.45) is 5.16 Å². The van der Waals surface area contributed by atoms with Crippen molar-refractivity contribution in [1.29, 1.82) is 0 Å². The van der Waals surface area contributed by atoms with E-state index in [0.717, 1.165) is 17.5 Å². The van der Waals surface area contributed by atoms with E-state index >= 15 is 0 Å². The minimum atomic E-state index is 0.667. The maximum absolute atomic E-state index is 4.99. The molecule has 0 N–H and O–H groups in total. The monoisotopic (exact) mass is 178 g/mol. The average Bonchev–Trinajstić information content (AvgIpc) is 2.15. The molecule has 0 unspecified atom stereocenters. The normalized spacial score (nSPS) is 10.6. The molecule has 0 aromatic carbocycles. The van der Waals surface area contributed by atoms with Crippen LogP contribution in [-0.2, 0) is 4.84 Å². The van der Waals surface area contributed by atoms with E-state index in [4.69, 9.17) is 4.84 Å². The lowest BCUT2D eigenvalue weighted by atomic mass is 10.2. The summed E-state index contributed by atoms with van der Waals surface area (Å²) in [6, 6.07) is 1.91. The molecule has 1 aromatic heterocycles. The first-order valence-electron chi connectivity index (χ1n) is 4.40. The van der Waals surface area contributed by atoms with Crippen molar-refractivity contribution in [3.8, 4) is 0 Å². The number of oxime groups is 1. The van der Waals surface area contributed by atoms with E-state index in [-0.39, 0.29) is 0 Å². The fourth-order valence-corrected chi connectivity index (χ4v) is 0.867. The Hall–Kier alpha value is -1.38. The highest BCUT2D eigenvalue weighted by Gasteiger charge is 1.91. The number of rotatable bonds is 4. The standard InChI is InChI=1S/C10H14N2O/c1-3-6-13-12-8-10-4-5-11-7-9(10)2/h4-5,7-8H,3,6H2,1-2H3/b12-8-. The van der Waals surface area contributed by atoms with Gasteiger partial charge in [0, 0.05) is 18.0 Å². The zero-order valence-electron chi connectivity index (χ0n) is 8.03. The van der Waals surface area contributed by atoms with E-state index in [1.165, 1.54) is 0 Å². The second-order valence-corrected chi connectivity index (χ2v) is 2.80. The van der Waals surface area contributed by atoms with Gasteiger partial charge in [-0.3, -0.25) is 4.98 Å². The van der Waals surface area contributed by atoms with Gasteiger partial charge in [-0.05, 0) is 25.0 Å². The van der Waals surface area contributed by atoms with Gasteiger partial charge in [-0.1, -0.05) is 12.1 Å². The lowest BCUT2D eigenvalue weighted by Gasteiger charge is -1.97. The minimum Gasteiger partial charge on any atom is -0.396 e. The second-order valence-electron chi connectivity index (χ2n) is 2.80. The Bertz CT molecular complexity index is 284. The van der Waals surface area contributed by atoms with Crippen molar-refractivity contribution in [2.75, 3.05) is 6.61 Å². The number of pyridine rings is 1. The van der Waals surface area contributed by atoms with E-state index < -0.39 is 0 Å². The lowest BCUT2D eigenvalue weighted by Crippen LogP contribution is -1.90. The van der Waals surface area contributed by atoms with Crippen molar-refractivity contribution in [1.82, 2.24) is 4.98 Å². The van der Waals surface area contributed by atoms with Crippen LogP contribution in [0.5, 0.6) is 0 Å². The van der Waals surface area contributed by atoms with Crippen LogP contribution < -0.4 is 0 Å². The summed E-state index contributed by atoms with van der Waals surface area (Å²) >= 11 is 0. The molecule has 0 radical (unpaired) electrons. The SMILES string of the molecule is CCCO/N=C\c1ccncc1C. The molecule has 70 valence electrons. The van der Waals surface area contributed by atoms with Gasteiger partial charge in [0.05, 0.1) is 6.21 Å². The fourth-order valence-electron chi connectivity index (χ4n) is 0.867. The molecule has 0 aliphatic carbocycles. The third-order valence-corrected chi connectivity index (χ3v) is 1.63. The first-order valence-corrected chi connectivity index (χ1v) is 4.40. The average molecular weight is 178 g/mol. The van der Waals surface area contributed by atoms with Crippen LogP contribution in [0.1, 0.15) is 24.5 Å². The van der Waals surface area contributed by atoms with Gasteiger partial charge >= 0.3 is 0 Å². The number of aromatic nitrogens is 1. The summed E-state index contributed by atoms with van der Waals surface area (Å²) in [4.78, 5) is 8.98. The molecule has 0 saturated heterocycles. The van der Waals surface area contributed by atoms with Gasteiger partial charge in [0.1, 0.15) is 6.61 Å². The van der Waals surface area contributed by atoms with Crippen LogP contribution in [0.3, 0.4) is 0 Å². The van der Waals surface area contributed by atoms with Crippen molar-refractivity contribution in [2.45, 2.75) is 20.3 Å². The molecule has 1 rings (SSSR count). The third kappa shape index (κ3) is 3.23. The molecule has 0 saturated carbocycles. The minimum absolute atomic E-state index is 0.667. The van der Waals surface area contributed by atoms with Gasteiger partial charge in [0.25, 0.3) is 0 Å². The first kappa shape index (κ1) is 9.71. The Morgan fingerprint density at radius 3 is 3.15 bits per heavy atom. The molecule has 13 heavy (non-hydrogen) atoms. The maximum atomic E-state index is 4.99. The highest BCUT2D eigenvalue weighted by molar-refractivity contribution is 5.80. The summed E-state index contributed by atoms with van der Waals surface area (Å²) in [5.74, 6) is 0. The zero-order valence-corrected chi connectivity index (χ0v) is 8.03. The van der Waals surface area contributed by atoms with E-state index in [1.54, 1.807) is 18.6 Å². The summed E-state index contributed by atoms with van der Waals surface area (Å²) in [5.41, 5.74) is 2.15. The second kappa shape index (κ2) is 5.30. The fraction of sp³-hybridized carbons (Fsp3) is 0.400. The highest BCUT2D eigenvalue weighted by atomic mass is 16.6.